The van der Waals surface area contributed by atoms with Crippen LogP contribution < -0.4 is 0 Å². The molecule has 0 aliphatic heterocycles. The summed E-state index contributed by atoms with van der Waals surface area (Å²) >= 11 is 0. The van der Waals surface area contributed by atoms with Crippen molar-refractivity contribution in [3.63, 3.8) is 0 Å². The maximum atomic E-state index is 2.42. The highest BCUT2D eigenvalue weighted by Crippen LogP contribution is 2.45. The largest absolute Gasteiger partial charge is 0.0622 e. The molecule has 0 saturated heterocycles. The molecule has 0 spiro atoms. The van der Waals surface area contributed by atoms with Crippen LogP contribution in [0.5, 0.6) is 0 Å². The van der Waals surface area contributed by atoms with Gasteiger partial charge in [0.15, 0.2) is 0 Å². The van der Waals surface area contributed by atoms with Gasteiger partial charge in [-0.2, -0.15) is 0 Å². The van der Waals surface area contributed by atoms with Crippen molar-refractivity contribution in [1.82, 2.24) is 0 Å². The smallest absolute Gasteiger partial charge is 0.0100 e. The summed E-state index contributed by atoms with van der Waals surface area (Å²) in [4.78, 5) is 0. The van der Waals surface area contributed by atoms with Gasteiger partial charge in [0.2, 0.25) is 0 Å². The maximum Gasteiger partial charge on any atom is -0.0100 e. The Kier molecular flexibility index (Phi) is 2.86. The van der Waals surface area contributed by atoms with E-state index in [-0.39, 0.29) is 0 Å². The molecule has 88 valence electrons. The Labute approximate surface area is 100 Å². The van der Waals surface area contributed by atoms with Crippen molar-refractivity contribution in [3.8, 4) is 0 Å². The summed E-state index contributed by atoms with van der Waals surface area (Å²) < 4.78 is 0. The molecule has 0 bridgehead atoms. The molecular formula is C16H24. The van der Waals surface area contributed by atoms with Crippen LogP contribution in [0.1, 0.15) is 63.1 Å². The second kappa shape index (κ2) is 3.91. The van der Waals surface area contributed by atoms with E-state index in [1.165, 1.54) is 18.4 Å². The zero-order chi connectivity index (χ0) is 11.9. The zero-order valence-electron chi connectivity index (χ0n) is 11.3. The van der Waals surface area contributed by atoms with Crippen LogP contribution in [0, 0.1) is 12.8 Å². The molecule has 1 aromatic carbocycles. The second-order valence-corrected chi connectivity index (χ2v) is 6.36. The van der Waals surface area contributed by atoms with Crippen molar-refractivity contribution in [2.75, 3.05) is 0 Å². The highest BCUT2D eigenvalue weighted by atomic mass is 14.4. The standard InChI is InChI=1S/C16H24/c1-11(2)13-8-9-16(4,5)15-7-6-12(3)10-14(13)15/h6-7,10-11,13H,8-9H2,1-5H3/t13-/m1/s1. The van der Waals surface area contributed by atoms with Crippen LogP contribution in [0.25, 0.3) is 0 Å². The summed E-state index contributed by atoms with van der Waals surface area (Å²) in [5, 5.41) is 0. The predicted octanol–water partition coefficient (Wildman–Crippen LogP) is 4.81. The SMILES string of the molecule is Cc1ccc2c(c1)[C@@H](C(C)C)CCC2(C)C. The summed E-state index contributed by atoms with van der Waals surface area (Å²) in [6, 6.07) is 7.05. The van der Waals surface area contributed by atoms with Gasteiger partial charge in [0.25, 0.3) is 0 Å². The number of rotatable bonds is 1. The number of hydrogen-bond donors (Lipinski definition) is 0. The highest BCUT2D eigenvalue weighted by Gasteiger charge is 2.33. The van der Waals surface area contributed by atoms with E-state index in [4.69, 9.17) is 0 Å². The first kappa shape index (κ1) is 11.7. The van der Waals surface area contributed by atoms with Crippen LogP contribution in [-0.2, 0) is 5.41 Å². The first-order valence-corrected chi connectivity index (χ1v) is 6.53. The molecule has 0 unspecified atom stereocenters. The van der Waals surface area contributed by atoms with Gasteiger partial charge in [-0.05, 0) is 48.1 Å². The summed E-state index contributed by atoms with van der Waals surface area (Å²) in [5.41, 5.74) is 4.98. The average Bonchev–Trinajstić information content (AvgIpc) is 2.16. The minimum absolute atomic E-state index is 0.369. The lowest BCUT2D eigenvalue weighted by atomic mass is 9.66. The summed E-state index contributed by atoms with van der Waals surface area (Å²) in [7, 11) is 0. The third-order valence-corrected chi connectivity index (χ3v) is 4.22. The van der Waals surface area contributed by atoms with Gasteiger partial charge >= 0.3 is 0 Å². The van der Waals surface area contributed by atoms with E-state index in [0.29, 0.717) is 5.41 Å². The van der Waals surface area contributed by atoms with E-state index in [1.807, 2.05) is 0 Å². The van der Waals surface area contributed by atoms with Crippen LogP contribution in [0.2, 0.25) is 0 Å². The second-order valence-electron chi connectivity index (χ2n) is 6.36. The van der Waals surface area contributed by atoms with Gasteiger partial charge in [-0.25, -0.2) is 0 Å². The van der Waals surface area contributed by atoms with Gasteiger partial charge < -0.3 is 0 Å². The van der Waals surface area contributed by atoms with Crippen LogP contribution in [0.4, 0.5) is 0 Å². The Morgan fingerprint density at radius 2 is 1.94 bits per heavy atom. The molecule has 0 amide bonds. The third kappa shape index (κ3) is 1.90. The molecule has 1 aliphatic carbocycles. The molecular weight excluding hydrogens is 192 g/mol. The van der Waals surface area contributed by atoms with E-state index in [2.05, 4.69) is 52.8 Å². The first-order valence-electron chi connectivity index (χ1n) is 6.53. The Morgan fingerprint density at radius 3 is 2.56 bits per heavy atom. The van der Waals surface area contributed by atoms with E-state index in [9.17, 15) is 0 Å². The molecule has 0 fully saturated rings. The Hall–Kier alpha value is -0.780. The van der Waals surface area contributed by atoms with Crippen molar-refractivity contribution in [3.05, 3.63) is 34.9 Å². The molecule has 0 aromatic heterocycles. The molecule has 16 heavy (non-hydrogen) atoms. The summed E-state index contributed by atoms with van der Waals surface area (Å²) in [6.07, 6.45) is 2.67. The van der Waals surface area contributed by atoms with Gasteiger partial charge in [-0.3, -0.25) is 0 Å². The third-order valence-electron chi connectivity index (χ3n) is 4.22. The van der Waals surface area contributed by atoms with E-state index in [0.717, 1.165) is 11.8 Å². The van der Waals surface area contributed by atoms with Gasteiger partial charge in [-0.15, -0.1) is 0 Å². The quantitative estimate of drug-likeness (QED) is 0.632. The van der Waals surface area contributed by atoms with Crippen LogP contribution in [0.15, 0.2) is 18.2 Å². The lowest BCUT2D eigenvalue weighted by Crippen LogP contribution is -2.28. The molecule has 0 saturated carbocycles. The average molecular weight is 216 g/mol. The van der Waals surface area contributed by atoms with Crippen molar-refractivity contribution in [1.29, 1.82) is 0 Å². The molecule has 1 atom stereocenters. The molecule has 0 heterocycles. The lowest BCUT2D eigenvalue weighted by Gasteiger charge is -2.39. The minimum atomic E-state index is 0.369. The van der Waals surface area contributed by atoms with Crippen LogP contribution in [-0.4, -0.2) is 0 Å². The molecule has 2 rings (SSSR count). The monoisotopic (exact) mass is 216 g/mol. The fourth-order valence-electron chi connectivity index (χ4n) is 3.10. The lowest BCUT2D eigenvalue weighted by molar-refractivity contribution is 0.346. The van der Waals surface area contributed by atoms with E-state index in [1.54, 1.807) is 11.1 Å². The Bertz CT molecular complexity index is 385. The van der Waals surface area contributed by atoms with Gasteiger partial charge in [0.05, 0.1) is 0 Å². The van der Waals surface area contributed by atoms with Gasteiger partial charge in [-0.1, -0.05) is 51.5 Å². The number of benzene rings is 1. The maximum absolute atomic E-state index is 2.42. The van der Waals surface area contributed by atoms with Crippen molar-refractivity contribution >= 4 is 0 Å². The van der Waals surface area contributed by atoms with Gasteiger partial charge in [0.1, 0.15) is 0 Å². The van der Waals surface area contributed by atoms with Crippen LogP contribution in [0.3, 0.4) is 0 Å². The molecule has 0 N–H and O–H groups in total. The van der Waals surface area contributed by atoms with Crippen molar-refractivity contribution < 1.29 is 0 Å². The van der Waals surface area contributed by atoms with E-state index < -0.39 is 0 Å². The molecule has 1 aliphatic rings. The number of aryl methyl sites for hydroxylation is 1. The molecule has 0 radical (unpaired) electrons. The van der Waals surface area contributed by atoms with Crippen LogP contribution >= 0.6 is 0 Å². The fraction of sp³-hybridized carbons (Fsp3) is 0.625. The normalized spacial score (nSPS) is 23.2. The first-order chi connectivity index (χ1) is 7.42. The predicted molar refractivity (Wildman–Crippen MR) is 71.0 cm³/mol. The number of hydrogen-bond acceptors (Lipinski definition) is 0. The minimum Gasteiger partial charge on any atom is -0.0622 e. The van der Waals surface area contributed by atoms with Gasteiger partial charge in [0, 0.05) is 0 Å². The number of fused-ring (bicyclic) bond motifs is 1. The fourth-order valence-corrected chi connectivity index (χ4v) is 3.10. The summed E-state index contributed by atoms with van der Waals surface area (Å²) in [6.45, 7) is 11.7. The topological polar surface area (TPSA) is 0 Å². The zero-order valence-corrected chi connectivity index (χ0v) is 11.3. The summed E-state index contributed by atoms with van der Waals surface area (Å²) in [5.74, 6) is 1.53. The Balaban J connectivity index is 2.54. The molecule has 0 nitrogen and oxygen atoms in total. The Morgan fingerprint density at radius 1 is 1.25 bits per heavy atom. The molecule has 1 aromatic rings. The molecule has 0 heteroatoms. The van der Waals surface area contributed by atoms with E-state index >= 15 is 0 Å². The highest BCUT2D eigenvalue weighted by molar-refractivity contribution is 5.41. The van der Waals surface area contributed by atoms with Crippen molar-refractivity contribution in [2.45, 2.75) is 58.8 Å². The van der Waals surface area contributed by atoms with Crippen molar-refractivity contribution in [2.24, 2.45) is 5.92 Å².